The minimum absolute atomic E-state index is 0.000320. The Hall–Kier alpha value is -2.82. The molecule has 33 heavy (non-hydrogen) atoms. The van der Waals surface area contributed by atoms with Gasteiger partial charge in [-0.2, -0.15) is 0 Å². The van der Waals surface area contributed by atoms with E-state index in [-0.39, 0.29) is 24.3 Å². The molecular weight excluding hydrogens is 432 g/mol. The van der Waals surface area contributed by atoms with Gasteiger partial charge in [0.1, 0.15) is 24.5 Å². The lowest BCUT2D eigenvalue weighted by atomic mass is 9.92. The van der Waals surface area contributed by atoms with Crippen molar-refractivity contribution in [2.45, 2.75) is 70.6 Å². The Kier molecular flexibility index (Phi) is 7.51. The maximum Gasteiger partial charge on any atom is 0.289 e. The van der Waals surface area contributed by atoms with Crippen LogP contribution in [0.25, 0.3) is 0 Å². The molecule has 3 unspecified atom stereocenters. The molecule has 5 atom stereocenters. The van der Waals surface area contributed by atoms with Gasteiger partial charge in [0, 0.05) is 30.8 Å². The third-order valence-corrected chi connectivity index (χ3v) is 6.62. The molecule has 2 saturated carbocycles. The number of rotatable bonds is 9. The summed E-state index contributed by atoms with van der Waals surface area (Å²) in [6, 6.07) is -3.08. The number of carbonyl (C=O) groups is 6. The Morgan fingerprint density at radius 1 is 1.06 bits per heavy atom. The normalized spacial score (nSPS) is 25.9. The third kappa shape index (κ3) is 5.40. The first-order chi connectivity index (χ1) is 15.5. The van der Waals surface area contributed by atoms with Crippen molar-refractivity contribution < 1.29 is 33.9 Å². The highest BCUT2D eigenvalue weighted by Gasteiger charge is 2.54. The van der Waals surface area contributed by atoms with Crippen molar-refractivity contribution in [2.24, 2.45) is 17.8 Å². The molecule has 2 aliphatic carbocycles. The molecule has 1 saturated heterocycles. The van der Waals surface area contributed by atoms with Crippen LogP contribution in [-0.2, 0) is 28.8 Å². The molecule has 3 aliphatic rings. The average Bonchev–Trinajstić information content (AvgIpc) is 3.39. The molecule has 0 bridgehead atoms. The van der Waals surface area contributed by atoms with E-state index >= 15 is 0 Å². The standard InChI is InChI=1S/C22H32N4O7/c1-10(2)17(25-16(29)9-27)22(33)26-8-14-13(6-7-15(14)28)18(26)20(31)23-11(3)19(30)21(32)24-12-4-5-12/h10-14,17-18,27H,4-9H2,1-3H3,(H,23,31)(H,24,32)(H,25,29)/t11?,13-,14-,17?,18?/m0/s1. The number of carbonyl (C=O) groups excluding carboxylic acids is 6. The molecule has 1 aliphatic heterocycles. The first kappa shape index (κ1) is 24.8. The van der Waals surface area contributed by atoms with E-state index in [1.54, 1.807) is 13.8 Å². The summed E-state index contributed by atoms with van der Waals surface area (Å²) < 4.78 is 0. The lowest BCUT2D eigenvalue weighted by Gasteiger charge is -2.32. The SMILES string of the molecule is CC(NC(=O)C1[C@H]2CCC(=O)[C@H]2CN1C(=O)C(NC(=O)CO)C(C)C)C(=O)C(=O)NC1CC1. The topological polar surface area (TPSA) is 162 Å². The van der Waals surface area contributed by atoms with Crippen molar-refractivity contribution in [3.05, 3.63) is 0 Å². The minimum Gasteiger partial charge on any atom is -0.387 e. The summed E-state index contributed by atoms with van der Waals surface area (Å²) in [5.41, 5.74) is 0. The van der Waals surface area contributed by atoms with Crippen molar-refractivity contribution in [1.29, 1.82) is 0 Å². The summed E-state index contributed by atoms with van der Waals surface area (Å²) in [7, 11) is 0. The van der Waals surface area contributed by atoms with E-state index < -0.39 is 66.0 Å². The summed E-state index contributed by atoms with van der Waals surface area (Å²) in [6.45, 7) is 4.10. The number of nitrogens with zero attached hydrogens (tertiary/aromatic N) is 1. The maximum atomic E-state index is 13.4. The summed E-state index contributed by atoms with van der Waals surface area (Å²) in [5.74, 6) is -4.65. The largest absolute Gasteiger partial charge is 0.387 e. The molecular formula is C22H32N4O7. The number of aliphatic hydroxyl groups is 1. The predicted octanol–water partition coefficient (Wildman–Crippen LogP) is -1.72. The van der Waals surface area contributed by atoms with Crippen LogP contribution in [0.1, 0.15) is 46.5 Å². The van der Waals surface area contributed by atoms with Crippen molar-refractivity contribution >= 4 is 35.2 Å². The summed E-state index contributed by atoms with van der Waals surface area (Å²) >= 11 is 0. The minimum atomic E-state index is -1.10. The zero-order valence-electron chi connectivity index (χ0n) is 19.1. The second-order valence-electron chi connectivity index (χ2n) is 9.50. The van der Waals surface area contributed by atoms with Crippen LogP contribution in [0.4, 0.5) is 0 Å². The molecule has 4 N–H and O–H groups in total. The molecule has 0 aromatic rings. The second kappa shape index (κ2) is 9.98. The first-order valence-corrected chi connectivity index (χ1v) is 11.4. The second-order valence-corrected chi connectivity index (χ2v) is 9.50. The van der Waals surface area contributed by atoms with E-state index in [9.17, 15) is 28.8 Å². The molecule has 11 heteroatoms. The van der Waals surface area contributed by atoms with Crippen molar-refractivity contribution in [1.82, 2.24) is 20.9 Å². The molecule has 0 radical (unpaired) electrons. The quantitative estimate of drug-likeness (QED) is 0.295. The number of likely N-dealkylation sites (tertiary alicyclic amines) is 1. The monoisotopic (exact) mass is 464 g/mol. The zero-order chi connectivity index (χ0) is 24.4. The van der Waals surface area contributed by atoms with Crippen molar-refractivity contribution in [3.8, 4) is 0 Å². The van der Waals surface area contributed by atoms with Crippen LogP contribution in [0.5, 0.6) is 0 Å². The Morgan fingerprint density at radius 3 is 2.30 bits per heavy atom. The molecule has 3 rings (SSSR count). The van der Waals surface area contributed by atoms with Gasteiger partial charge in [0.25, 0.3) is 5.91 Å². The van der Waals surface area contributed by atoms with Crippen LogP contribution in [0.3, 0.4) is 0 Å². The zero-order valence-corrected chi connectivity index (χ0v) is 19.1. The van der Waals surface area contributed by atoms with E-state index in [1.165, 1.54) is 11.8 Å². The number of fused-ring (bicyclic) bond motifs is 1. The van der Waals surface area contributed by atoms with Crippen molar-refractivity contribution in [2.75, 3.05) is 13.2 Å². The molecule has 4 amide bonds. The summed E-state index contributed by atoms with van der Waals surface area (Å²) in [5, 5.41) is 16.7. The van der Waals surface area contributed by atoms with E-state index in [4.69, 9.17) is 5.11 Å². The summed E-state index contributed by atoms with van der Waals surface area (Å²) in [6.07, 6.45) is 2.39. The lowest BCUT2D eigenvalue weighted by molar-refractivity contribution is -0.145. The van der Waals surface area contributed by atoms with Gasteiger partial charge in [-0.1, -0.05) is 13.8 Å². The van der Waals surface area contributed by atoms with Crippen LogP contribution in [-0.4, -0.2) is 82.5 Å². The van der Waals surface area contributed by atoms with Gasteiger partial charge >= 0.3 is 0 Å². The highest BCUT2D eigenvalue weighted by atomic mass is 16.3. The van der Waals surface area contributed by atoms with E-state index in [0.29, 0.717) is 12.8 Å². The Labute approximate surface area is 192 Å². The fourth-order valence-corrected chi connectivity index (χ4v) is 4.63. The van der Waals surface area contributed by atoms with Gasteiger partial charge in [-0.05, 0) is 32.1 Å². The van der Waals surface area contributed by atoms with Crippen molar-refractivity contribution in [3.63, 3.8) is 0 Å². The third-order valence-electron chi connectivity index (χ3n) is 6.62. The molecule has 182 valence electrons. The average molecular weight is 465 g/mol. The molecule has 11 nitrogen and oxygen atoms in total. The molecule has 0 aromatic heterocycles. The first-order valence-electron chi connectivity index (χ1n) is 11.4. The number of ketones is 2. The Balaban J connectivity index is 1.76. The van der Waals surface area contributed by atoms with E-state index in [0.717, 1.165) is 12.8 Å². The number of Topliss-reactive ketones (excluding diaryl/α,β-unsaturated/α-hetero) is 2. The maximum absolute atomic E-state index is 13.4. The Morgan fingerprint density at radius 2 is 1.73 bits per heavy atom. The highest BCUT2D eigenvalue weighted by molar-refractivity contribution is 6.38. The van der Waals surface area contributed by atoms with Gasteiger partial charge in [-0.25, -0.2) is 0 Å². The van der Waals surface area contributed by atoms with Gasteiger partial charge in [-0.15, -0.1) is 0 Å². The van der Waals surface area contributed by atoms with E-state index in [1.807, 2.05) is 0 Å². The fourth-order valence-electron chi connectivity index (χ4n) is 4.63. The highest BCUT2D eigenvalue weighted by Crippen LogP contribution is 2.40. The van der Waals surface area contributed by atoms with Gasteiger partial charge in [0.2, 0.25) is 23.5 Å². The van der Waals surface area contributed by atoms with Gasteiger partial charge < -0.3 is 26.0 Å². The number of nitrogens with one attached hydrogen (secondary N) is 3. The Bertz CT molecular complexity index is 854. The van der Waals surface area contributed by atoms with Gasteiger partial charge in [0.05, 0.1) is 6.04 Å². The van der Waals surface area contributed by atoms with Crippen LogP contribution in [0.15, 0.2) is 0 Å². The van der Waals surface area contributed by atoms with Gasteiger partial charge in [-0.3, -0.25) is 28.8 Å². The summed E-state index contributed by atoms with van der Waals surface area (Å²) in [4.78, 5) is 76.4. The van der Waals surface area contributed by atoms with Crippen LogP contribution in [0, 0.1) is 17.8 Å². The molecule has 1 heterocycles. The van der Waals surface area contributed by atoms with E-state index in [2.05, 4.69) is 16.0 Å². The molecule has 3 fully saturated rings. The molecule has 0 aromatic carbocycles. The van der Waals surface area contributed by atoms with Crippen LogP contribution in [0.2, 0.25) is 0 Å². The smallest absolute Gasteiger partial charge is 0.289 e. The lowest BCUT2D eigenvalue weighted by Crippen LogP contribution is -2.58. The molecule has 0 spiro atoms. The number of aliphatic hydroxyl groups excluding tert-OH is 1. The number of amides is 4. The number of hydrogen-bond donors (Lipinski definition) is 4. The predicted molar refractivity (Wildman–Crippen MR) is 114 cm³/mol. The van der Waals surface area contributed by atoms with Crippen LogP contribution >= 0.6 is 0 Å². The fraction of sp³-hybridized carbons (Fsp3) is 0.727. The van der Waals surface area contributed by atoms with Crippen LogP contribution < -0.4 is 16.0 Å². The van der Waals surface area contributed by atoms with Gasteiger partial charge in [0.15, 0.2) is 0 Å². The number of hydrogen-bond acceptors (Lipinski definition) is 7.